The molecule has 1 aromatic carbocycles. The van der Waals surface area contributed by atoms with Crippen molar-refractivity contribution in [3.05, 3.63) is 40.7 Å². The van der Waals surface area contributed by atoms with E-state index < -0.39 is 0 Å². The zero-order valence-corrected chi connectivity index (χ0v) is 20.3. The van der Waals surface area contributed by atoms with Crippen LogP contribution in [0.1, 0.15) is 52.4 Å². The van der Waals surface area contributed by atoms with E-state index in [1.54, 1.807) is 23.9 Å². The van der Waals surface area contributed by atoms with Crippen molar-refractivity contribution in [2.45, 2.75) is 46.8 Å². The van der Waals surface area contributed by atoms with E-state index in [1.165, 1.54) is 0 Å². The molecule has 0 radical (unpaired) electrons. The number of amides is 2. The molecule has 2 N–H and O–H groups in total. The summed E-state index contributed by atoms with van der Waals surface area (Å²) in [4.78, 5) is 32.7. The van der Waals surface area contributed by atoms with Gasteiger partial charge < -0.3 is 14.6 Å². The molecule has 2 aromatic heterocycles. The summed E-state index contributed by atoms with van der Waals surface area (Å²) in [6, 6.07) is 5.50. The Balaban J connectivity index is 1.78. The van der Waals surface area contributed by atoms with Gasteiger partial charge in [-0.3, -0.25) is 24.5 Å². The van der Waals surface area contributed by atoms with Gasteiger partial charge in [-0.1, -0.05) is 6.92 Å². The molecule has 3 heterocycles. The summed E-state index contributed by atoms with van der Waals surface area (Å²) >= 11 is 0. The van der Waals surface area contributed by atoms with Gasteiger partial charge in [0.1, 0.15) is 5.69 Å². The number of aryl methyl sites for hydroxylation is 3. The van der Waals surface area contributed by atoms with Crippen molar-refractivity contribution < 1.29 is 14.3 Å². The minimum Gasteiger partial charge on any atom is -0.379 e. The number of nitrogens with zero attached hydrogens (tertiary/aromatic N) is 5. The molecule has 0 saturated carbocycles. The number of ether oxygens (including phenoxy) is 1. The normalized spacial score (nSPS) is 14.5. The first-order valence-corrected chi connectivity index (χ1v) is 11.9. The van der Waals surface area contributed by atoms with Crippen molar-refractivity contribution in [3.63, 3.8) is 0 Å². The first kappa shape index (κ1) is 23.9. The van der Waals surface area contributed by atoms with E-state index in [9.17, 15) is 9.59 Å². The monoisotopic (exact) mass is 467 g/mol. The van der Waals surface area contributed by atoms with Crippen LogP contribution in [0, 0.1) is 6.92 Å². The summed E-state index contributed by atoms with van der Waals surface area (Å²) in [7, 11) is 1.62. The maximum absolute atomic E-state index is 13.2. The molecule has 0 bridgehead atoms. The second-order valence-electron chi connectivity index (χ2n) is 8.50. The van der Waals surface area contributed by atoms with Gasteiger partial charge in [-0.25, -0.2) is 4.98 Å². The van der Waals surface area contributed by atoms with E-state index in [2.05, 4.69) is 32.1 Å². The molecule has 1 aliphatic rings. The molecule has 3 aromatic rings. The molecule has 10 heteroatoms. The van der Waals surface area contributed by atoms with Crippen LogP contribution in [0.5, 0.6) is 0 Å². The SMILES string of the molecule is CCCn1c(NC(=O)c2cc(C)nn2CC)nc2cc(C(=O)NC)cc(CN3CCOCC3)c21. The maximum Gasteiger partial charge on any atom is 0.276 e. The Labute approximate surface area is 199 Å². The van der Waals surface area contributed by atoms with E-state index in [4.69, 9.17) is 9.72 Å². The van der Waals surface area contributed by atoms with Crippen molar-refractivity contribution in [2.75, 3.05) is 38.7 Å². The average molecular weight is 468 g/mol. The summed E-state index contributed by atoms with van der Waals surface area (Å²) in [5.74, 6) is 0.0556. The summed E-state index contributed by atoms with van der Waals surface area (Å²) in [5.41, 5.74) is 4.47. The molecule has 0 aliphatic carbocycles. The number of carbonyl (C=O) groups excluding carboxylic acids is 2. The van der Waals surface area contributed by atoms with E-state index in [-0.39, 0.29) is 11.8 Å². The Morgan fingerprint density at radius 2 is 1.88 bits per heavy atom. The van der Waals surface area contributed by atoms with E-state index in [1.807, 2.05) is 19.9 Å². The standard InChI is InChI=1S/C24H33N7O3/c1-5-7-30-21-18(15-29-8-10-34-11-9-29)13-17(22(32)25-4)14-19(21)26-24(30)27-23(33)20-12-16(3)28-31(20)6-2/h12-14H,5-11,15H2,1-4H3,(H,25,32)(H,26,27,33). The van der Waals surface area contributed by atoms with Crippen LogP contribution in [0.3, 0.4) is 0 Å². The smallest absolute Gasteiger partial charge is 0.276 e. The number of rotatable bonds is 8. The third-order valence-electron chi connectivity index (χ3n) is 6.01. The number of nitrogens with one attached hydrogen (secondary N) is 2. The molecular formula is C24H33N7O3. The van der Waals surface area contributed by atoms with Crippen LogP contribution in [-0.2, 0) is 24.4 Å². The Bertz CT molecular complexity index is 1190. The topological polar surface area (TPSA) is 106 Å². The first-order chi connectivity index (χ1) is 16.4. The quantitative estimate of drug-likeness (QED) is 0.527. The lowest BCUT2D eigenvalue weighted by Gasteiger charge is -2.27. The Morgan fingerprint density at radius 1 is 1.12 bits per heavy atom. The first-order valence-electron chi connectivity index (χ1n) is 11.9. The predicted octanol–water partition coefficient (Wildman–Crippen LogP) is 2.42. The number of anilines is 1. The van der Waals surface area contributed by atoms with Gasteiger partial charge in [-0.15, -0.1) is 0 Å². The third kappa shape index (κ3) is 4.83. The molecule has 1 saturated heterocycles. The molecule has 10 nitrogen and oxygen atoms in total. The predicted molar refractivity (Wildman–Crippen MR) is 130 cm³/mol. The molecule has 2 amide bonds. The average Bonchev–Trinajstić information content (AvgIpc) is 3.39. The van der Waals surface area contributed by atoms with Crippen LogP contribution >= 0.6 is 0 Å². The fourth-order valence-corrected chi connectivity index (χ4v) is 4.42. The molecule has 1 fully saturated rings. The van der Waals surface area contributed by atoms with E-state index >= 15 is 0 Å². The number of morpholine rings is 1. The van der Waals surface area contributed by atoms with Crippen molar-refractivity contribution in [3.8, 4) is 0 Å². The van der Waals surface area contributed by atoms with Crippen LogP contribution in [0.4, 0.5) is 5.95 Å². The number of carbonyl (C=O) groups is 2. The maximum atomic E-state index is 13.2. The highest BCUT2D eigenvalue weighted by atomic mass is 16.5. The second-order valence-corrected chi connectivity index (χ2v) is 8.50. The zero-order chi connectivity index (χ0) is 24.2. The van der Waals surface area contributed by atoms with Gasteiger partial charge >= 0.3 is 0 Å². The lowest BCUT2D eigenvalue weighted by Crippen LogP contribution is -2.35. The minimum atomic E-state index is -0.253. The molecule has 0 atom stereocenters. The van der Waals surface area contributed by atoms with Crippen LogP contribution < -0.4 is 10.6 Å². The number of hydrogen-bond acceptors (Lipinski definition) is 6. The van der Waals surface area contributed by atoms with Crippen LogP contribution in [0.2, 0.25) is 0 Å². The molecule has 0 spiro atoms. The molecular weight excluding hydrogens is 434 g/mol. The summed E-state index contributed by atoms with van der Waals surface area (Å²) in [6.07, 6.45) is 0.870. The van der Waals surface area contributed by atoms with E-state index in [0.717, 1.165) is 36.3 Å². The van der Waals surface area contributed by atoms with Gasteiger partial charge in [0.2, 0.25) is 5.95 Å². The molecule has 34 heavy (non-hydrogen) atoms. The van der Waals surface area contributed by atoms with Gasteiger partial charge in [0, 0.05) is 45.3 Å². The van der Waals surface area contributed by atoms with Gasteiger partial charge in [0.15, 0.2) is 0 Å². The van der Waals surface area contributed by atoms with Gasteiger partial charge in [0.05, 0.1) is 29.9 Å². The largest absolute Gasteiger partial charge is 0.379 e. The van der Waals surface area contributed by atoms with Crippen molar-refractivity contribution >= 4 is 28.8 Å². The fourth-order valence-electron chi connectivity index (χ4n) is 4.42. The third-order valence-corrected chi connectivity index (χ3v) is 6.01. The number of benzene rings is 1. The number of imidazole rings is 1. The lowest BCUT2D eigenvalue weighted by atomic mass is 10.1. The van der Waals surface area contributed by atoms with Gasteiger partial charge in [0.25, 0.3) is 11.8 Å². The van der Waals surface area contributed by atoms with Crippen LogP contribution in [0.25, 0.3) is 11.0 Å². The van der Waals surface area contributed by atoms with Crippen molar-refractivity contribution in [1.29, 1.82) is 0 Å². The van der Waals surface area contributed by atoms with Crippen LogP contribution in [0.15, 0.2) is 18.2 Å². The van der Waals surface area contributed by atoms with Crippen molar-refractivity contribution in [2.24, 2.45) is 0 Å². The zero-order valence-electron chi connectivity index (χ0n) is 20.3. The summed E-state index contributed by atoms with van der Waals surface area (Å²) in [6.45, 7) is 10.9. The molecule has 0 unspecified atom stereocenters. The highest BCUT2D eigenvalue weighted by molar-refractivity contribution is 6.04. The molecule has 4 rings (SSSR count). The van der Waals surface area contributed by atoms with Gasteiger partial charge in [-0.05, 0) is 44.0 Å². The Hall–Kier alpha value is -3.24. The minimum absolute atomic E-state index is 0.164. The summed E-state index contributed by atoms with van der Waals surface area (Å²) in [5, 5.41) is 10.1. The fraction of sp³-hybridized carbons (Fsp3) is 0.500. The number of aromatic nitrogens is 4. The number of fused-ring (bicyclic) bond motifs is 1. The highest BCUT2D eigenvalue weighted by Gasteiger charge is 2.22. The molecule has 182 valence electrons. The van der Waals surface area contributed by atoms with Crippen LogP contribution in [-0.4, -0.2) is 69.4 Å². The highest BCUT2D eigenvalue weighted by Crippen LogP contribution is 2.28. The second kappa shape index (κ2) is 10.4. The summed E-state index contributed by atoms with van der Waals surface area (Å²) < 4.78 is 9.24. The van der Waals surface area contributed by atoms with Gasteiger partial charge in [-0.2, -0.15) is 5.10 Å². The Kier molecular flexibility index (Phi) is 7.28. The Morgan fingerprint density at radius 3 is 2.56 bits per heavy atom. The van der Waals surface area contributed by atoms with E-state index in [0.29, 0.717) is 55.6 Å². The van der Waals surface area contributed by atoms with Crippen molar-refractivity contribution in [1.82, 2.24) is 29.5 Å². The molecule has 1 aliphatic heterocycles. The number of hydrogen-bond donors (Lipinski definition) is 2. The lowest BCUT2D eigenvalue weighted by molar-refractivity contribution is 0.0343.